The number of amides is 4. The van der Waals surface area contributed by atoms with Crippen LogP contribution in [-0.4, -0.2) is 78.2 Å². The number of hydrogen-bond donors (Lipinski definition) is 7. The van der Waals surface area contributed by atoms with Gasteiger partial charge in [0, 0.05) is 44.3 Å². The van der Waals surface area contributed by atoms with Crippen molar-refractivity contribution in [1.29, 1.82) is 0 Å². The summed E-state index contributed by atoms with van der Waals surface area (Å²) < 4.78 is 16.1. The zero-order chi connectivity index (χ0) is 30.9. The minimum atomic E-state index is -1.24. The SMILES string of the molecule is NOCCCCCC(=O)NCC(=O)NCCC(=O)NCc1cc(COC(N)=O)ccc1OC1CC(O)CC(C(=O)O)O1. The van der Waals surface area contributed by atoms with Gasteiger partial charge in [0.1, 0.15) is 12.4 Å². The Morgan fingerprint density at radius 3 is 2.45 bits per heavy atom. The Morgan fingerprint density at radius 2 is 1.74 bits per heavy atom. The minimum Gasteiger partial charge on any atom is -0.479 e. The van der Waals surface area contributed by atoms with E-state index in [0.717, 1.165) is 12.8 Å². The van der Waals surface area contributed by atoms with E-state index in [1.807, 2.05) is 0 Å². The third-order valence-corrected chi connectivity index (χ3v) is 6.07. The van der Waals surface area contributed by atoms with Gasteiger partial charge in [-0.05, 0) is 30.5 Å². The summed E-state index contributed by atoms with van der Waals surface area (Å²) >= 11 is 0. The van der Waals surface area contributed by atoms with Crippen molar-refractivity contribution in [3.63, 3.8) is 0 Å². The Kier molecular flexibility index (Phi) is 15.0. The summed E-state index contributed by atoms with van der Waals surface area (Å²) in [4.78, 5) is 63.0. The molecule has 0 aromatic heterocycles. The normalized spacial score (nSPS) is 18.0. The van der Waals surface area contributed by atoms with Crippen LogP contribution < -0.4 is 32.3 Å². The molecule has 16 nitrogen and oxygen atoms in total. The topological polar surface area (TPSA) is 251 Å². The van der Waals surface area contributed by atoms with Crippen molar-refractivity contribution in [3.8, 4) is 5.75 Å². The number of aliphatic hydroxyl groups excluding tert-OH is 1. The molecule has 9 N–H and O–H groups in total. The van der Waals surface area contributed by atoms with Crippen LogP contribution in [0.25, 0.3) is 0 Å². The summed E-state index contributed by atoms with van der Waals surface area (Å²) in [6.07, 6.45) is -1.88. The number of carboxylic acids is 1. The number of carbonyl (C=O) groups excluding carboxylic acids is 4. The summed E-state index contributed by atoms with van der Waals surface area (Å²) in [6.45, 7) is 0.0632. The molecular formula is C26H39N5O11. The van der Waals surface area contributed by atoms with E-state index < -0.39 is 42.4 Å². The molecule has 1 aromatic carbocycles. The second kappa shape index (κ2) is 18.4. The molecule has 16 heteroatoms. The van der Waals surface area contributed by atoms with Gasteiger partial charge in [-0.3, -0.25) is 14.4 Å². The minimum absolute atomic E-state index is 0.0276. The molecule has 2 rings (SSSR count). The maximum absolute atomic E-state index is 12.4. The van der Waals surface area contributed by atoms with Crippen molar-refractivity contribution < 1.29 is 53.2 Å². The standard InChI is InChI=1S/C26H39N5O11/c27-26(38)39-15-16-5-6-19(41-24-12-18(32)11-20(42-24)25(36)37)17(10-16)13-30-22(34)7-8-29-23(35)14-31-21(33)4-2-1-3-9-40-28/h5-6,10,18,20,24,32H,1-4,7-9,11-15,28H2,(H2,27,38)(H,29,35)(H,30,34)(H,31,33)(H,36,37). The number of rotatable bonds is 18. The molecule has 1 heterocycles. The largest absolute Gasteiger partial charge is 0.479 e. The van der Waals surface area contributed by atoms with Gasteiger partial charge in [-0.15, -0.1) is 0 Å². The number of carboxylic acid groups (broad SMARTS) is 1. The van der Waals surface area contributed by atoms with Crippen LogP contribution in [0.3, 0.4) is 0 Å². The Morgan fingerprint density at radius 1 is 0.976 bits per heavy atom. The molecule has 1 saturated heterocycles. The Labute approximate surface area is 242 Å². The number of nitrogens with one attached hydrogen (secondary N) is 3. The van der Waals surface area contributed by atoms with Gasteiger partial charge in [-0.1, -0.05) is 12.5 Å². The van der Waals surface area contributed by atoms with Gasteiger partial charge in [0.25, 0.3) is 0 Å². The molecule has 1 aliphatic rings. The van der Waals surface area contributed by atoms with E-state index in [-0.39, 0.29) is 63.6 Å². The molecule has 3 unspecified atom stereocenters. The van der Waals surface area contributed by atoms with Crippen molar-refractivity contribution >= 4 is 29.8 Å². The molecule has 0 saturated carbocycles. The lowest BCUT2D eigenvalue weighted by atomic mass is 10.1. The second-order valence-electron chi connectivity index (χ2n) is 9.52. The monoisotopic (exact) mass is 597 g/mol. The van der Waals surface area contributed by atoms with Gasteiger partial charge in [0.15, 0.2) is 6.10 Å². The number of hydrogen-bond acceptors (Lipinski definition) is 11. The van der Waals surface area contributed by atoms with Crippen LogP contribution in [0.4, 0.5) is 4.79 Å². The summed E-state index contributed by atoms with van der Waals surface area (Å²) in [5, 5.41) is 27.0. The summed E-state index contributed by atoms with van der Waals surface area (Å²) in [7, 11) is 0. The quantitative estimate of drug-likeness (QED) is 0.0819. The molecule has 42 heavy (non-hydrogen) atoms. The molecule has 0 bridgehead atoms. The molecule has 4 amide bonds. The third kappa shape index (κ3) is 13.6. The first-order valence-corrected chi connectivity index (χ1v) is 13.5. The fourth-order valence-corrected chi connectivity index (χ4v) is 3.94. The molecule has 234 valence electrons. The van der Waals surface area contributed by atoms with Gasteiger partial charge < -0.3 is 50.9 Å². The molecule has 1 fully saturated rings. The van der Waals surface area contributed by atoms with Crippen LogP contribution in [0, 0.1) is 0 Å². The van der Waals surface area contributed by atoms with Gasteiger partial charge in [-0.2, -0.15) is 0 Å². The Balaban J connectivity index is 1.84. The van der Waals surface area contributed by atoms with Crippen LogP contribution in [0.15, 0.2) is 18.2 Å². The molecule has 1 aliphatic heterocycles. The zero-order valence-corrected chi connectivity index (χ0v) is 23.2. The highest BCUT2D eigenvalue weighted by molar-refractivity contribution is 5.85. The fourth-order valence-electron chi connectivity index (χ4n) is 3.94. The maximum Gasteiger partial charge on any atom is 0.404 e. The Bertz CT molecular complexity index is 1070. The number of carbonyl (C=O) groups is 5. The highest BCUT2D eigenvalue weighted by Crippen LogP contribution is 2.27. The highest BCUT2D eigenvalue weighted by Gasteiger charge is 2.34. The summed E-state index contributed by atoms with van der Waals surface area (Å²) in [6, 6.07) is 4.72. The van der Waals surface area contributed by atoms with Crippen molar-refractivity contribution in [2.24, 2.45) is 11.6 Å². The smallest absolute Gasteiger partial charge is 0.404 e. The van der Waals surface area contributed by atoms with Gasteiger partial charge in [0.05, 0.1) is 19.3 Å². The highest BCUT2D eigenvalue weighted by atomic mass is 16.7. The number of benzene rings is 1. The van der Waals surface area contributed by atoms with E-state index in [1.54, 1.807) is 12.1 Å². The lowest BCUT2D eigenvalue weighted by molar-refractivity contribution is -0.195. The number of aliphatic hydroxyl groups is 1. The number of ether oxygens (including phenoxy) is 3. The van der Waals surface area contributed by atoms with Gasteiger partial charge in [0.2, 0.25) is 24.0 Å². The molecular weight excluding hydrogens is 558 g/mol. The maximum atomic E-state index is 12.4. The van der Waals surface area contributed by atoms with Gasteiger partial charge >= 0.3 is 12.1 Å². The van der Waals surface area contributed by atoms with Crippen molar-refractivity contribution in [1.82, 2.24) is 16.0 Å². The van der Waals surface area contributed by atoms with Crippen molar-refractivity contribution in [3.05, 3.63) is 29.3 Å². The molecule has 3 atom stereocenters. The zero-order valence-electron chi connectivity index (χ0n) is 23.2. The van der Waals surface area contributed by atoms with Crippen molar-refractivity contribution in [2.75, 3.05) is 19.7 Å². The average molecular weight is 598 g/mol. The summed E-state index contributed by atoms with van der Waals surface area (Å²) in [5.41, 5.74) is 6.02. The van der Waals surface area contributed by atoms with Crippen molar-refractivity contribution in [2.45, 2.75) is 76.6 Å². The number of aliphatic carboxylic acids is 1. The van der Waals surface area contributed by atoms with E-state index in [1.165, 1.54) is 6.07 Å². The third-order valence-electron chi connectivity index (χ3n) is 6.07. The van der Waals surface area contributed by atoms with Crippen LogP contribution >= 0.6 is 0 Å². The van der Waals surface area contributed by atoms with E-state index in [0.29, 0.717) is 24.2 Å². The number of nitrogens with two attached hydrogens (primary N) is 2. The van der Waals surface area contributed by atoms with Gasteiger partial charge in [-0.25, -0.2) is 15.5 Å². The first kappa shape index (κ1) is 34.2. The van der Waals surface area contributed by atoms with E-state index in [4.69, 9.17) is 25.8 Å². The van der Waals surface area contributed by atoms with Crippen LogP contribution in [0.1, 0.15) is 56.1 Å². The van der Waals surface area contributed by atoms with E-state index in [9.17, 15) is 34.2 Å². The molecule has 1 aromatic rings. The average Bonchev–Trinajstić information content (AvgIpc) is 2.94. The molecule has 0 spiro atoms. The second-order valence-corrected chi connectivity index (χ2v) is 9.52. The van der Waals surface area contributed by atoms with Crippen LogP contribution in [0.2, 0.25) is 0 Å². The Hall–Kier alpha value is -3.99. The predicted octanol–water partition coefficient (Wildman–Crippen LogP) is -0.699. The first-order chi connectivity index (χ1) is 20.1. The van der Waals surface area contributed by atoms with Crippen LogP contribution in [-0.2, 0) is 46.6 Å². The molecule has 0 aliphatic carbocycles. The lowest BCUT2D eigenvalue weighted by Crippen LogP contribution is -2.42. The molecule has 0 radical (unpaired) electrons. The lowest BCUT2D eigenvalue weighted by Gasteiger charge is -2.31. The van der Waals surface area contributed by atoms with Crippen LogP contribution in [0.5, 0.6) is 5.75 Å². The summed E-state index contributed by atoms with van der Waals surface area (Å²) in [5.74, 6) is 2.85. The predicted molar refractivity (Wildman–Crippen MR) is 144 cm³/mol. The van der Waals surface area contributed by atoms with E-state index in [2.05, 4.69) is 20.8 Å². The first-order valence-electron chi connectivity index (χ1n) is 13.5. The van der Waals surface area contributed by atoms with E-state index >= 15 is 0 Å². The fraction of sp³-hybridized carbons (Fsp3) is 0.577. The number of primary amides is 1. The number of unbranched alkanes of at least 4 members (excludes halogenated alkanes) is 2.